The van der Waals surface area contributed by atoms with Gasteiger partial charge in [0, 0.05) is 18.1 Å². The molecule has 1 amide bonds. The lowest BCUT2D eigenvalue weighted by molar-refractivity contribution is -0.123. The van der Waals surface area contributed by atoms with Gasteiger partial charge in [0.1, 0.15) is 15.7 Å². The van der Waals surface area contributed by atoms with E-state index in [1.54, 1.807) is 11.0 Å². The van der Waals surface area contributed by atoms with Gasteiger partial charge in [-0.2, -0.15) is 0 Å². The topological polar surface area (TPSA) is 42.7 Å². The fraction of sp³-hybridized carbons (Fsp3) is 0.294. The summed E-state index contributed by atoms with van der Waals surface area (Å²) in [6, 6.07) is 9.72. The van der Waals surface area contributed by atoms with Gasteiger partial charge < -0.3 is 9.15 Å². The Hall–Kier alpha value is -1.63. The van der Waals surface area contributed by atoms with Crippen LogP contribution in [-0.2, 0) is 9.53 Å². The van der Waals surface area contributed by atoms with Gasteiger partial charge in [-0.05, 0) is 25.0 Å². The Kier molecular flexibility index (Phi) is 3.97. The van der Waals surface area contributed by atoms with E-state index in [9.17, 15) is 4.79 Å². The highest BCUT2D eigenvalue weighted by Crippen LogP contribution is 2.34. The van der Waals surface area contributed by atoms with Crippen LogP contribution in [0, 0.1) is 0 Å². The molecule has 0 saturated carbocycles. The van der Waals surface area contributed by atoms with E-state index >= 15 is 0 Å². The van der Waals surface area contributed by atoms with Crippen molar-refractivity contribution in [2.75, 3.05) is 13.2 Å². The zero-order valence-electron chi connectivity index (χ0n) is 12.4. The second-order valence-electron chi connectivity index (χ2n) is 5.61. The Bertz CT molecular complexity index is 772. The van der Waals surface area contributed by atoms with Gasteiger partial charge in [-0.1, -0.05) is 42.2 Å². The van der Waals surface area contributed by atoms with Crippen LogP contribution in [0.15, 0.2) is 39.7 Å². The van der Waals surface area contributed by atoms with Crippen molar-refractivity contribution in [2.24, 2.45) is 0 Å². The van der Waals surface area contributed by atoms with E-state index in [0.29, 0.717) is 21.5 Å². The molecule has 0 aliphatic carbocycles. The molecule has 1 atom stereocenters. The van der Waals surface area contributed by atoms with E-state index in [0.717, 1.165) is 30.4 Å². The standard InChI is InChI=1S/C17H15NO3S2/c19-16-15(9-13-8-11-4-1-2-6-14(11)21-13)23-17(22)18(16)10-12-5-3-7-20-12/h1-2,4,6,8-9,12H,3,5,7,10H2/b15-9+. The van der Waals surface area contributed by atoms with Crippen molar-refractivity contribution in [3.05, 3.63) is 41.0 Å². The average molecular weight is 345 g/mol. The van der Waals surface area contributed by atoms with Crippen LogP contribution < -0.4 is 0 Å². The maximum atomic E-state index is 12.6. The number of thiocarbonyl (C=S) groups is 1. The molecule has 23 heavy (non-hydrogen) atoms. The van der Waals surface area contributed by atoms with Gasteiger partial charge in [0.05, 0.1) is 17.6 Å². The fourth-order valence-electron chi connectivity index (χ4n) is 2.85. The van der Waals surface area contributed by atoms with Crippen molar-refractivity contribution in [1.82, 2.24) is 4.90 Å². The summed E-state index contributed by atoms with van der Waals surface area (Å²) in [5.41, 5.74) is 0.814. The summed E-state index contributed by atoms with van der Waals surface area (Å²) in [6.07, 6.45) is 3.91. The highest BCUT2D eigenvalue weighted by molar-refractivity contribution is 8.26. The number of carbonyl (C=O) groups is 1. The lowest BCUT2D eigenvalue weighted by Gasteiger charge is -2.18. The van der Waals surface area contributed by atoms with Crippen LogP contribution in [0.25, 0.3) is 17.0 Å². The number of amides is 1. The molecule has 1 aromatic carbocycles. The number of para-hydroxylation sites is 1. The van der Waals surface area contributed by atoms with Gasteiger partial charge in [0.25, 0.3) is 5.91 Å². The Morgan fingerprint density at radius 1 is 1.39 bits per heavy atom. The predicted octanol–water partition coefficient (Wildman–Crippen LogP) is 3.81. The largest absolute Gasteiger partial charge is 0.457 e. The number of carbonyl (C=O) groups excluding carboxylic acids is 1. The molecule has 1 aromatic heterocycles. The first-order valence-corrected chi connectivity index (χ1v) is 8.79. The van der Waals surface area contributed by atoms with Crippen LogP contribution >= 0.6 is 24.0 Å². The molecule has 0 radical (unpaired) electrons. The summed E-state index contributed by atoms with van der Waals surface area (Å²) in [5, 5.41) is 1.02. The highest BCUT2D eigenvalue weighted by Gasteiger charge is 2.34. The summed E-state index contributed by atoms with van der Waals surface area (Å²) >= 11 is 6.67. The van der Waals surface area contributed by atoms with Gasteiger partial charge in [0.2, 0.25) is 0 Å². The third kappa shape index (κ3) is 2.94. The van der Waals surface area contributed by atoms with Crippen molar-refractivity contribution in [2.45, 2.75) is 18.9 Å². The molecule has 2 fully saturated rings. The molecule has 0 spiro atoms. The van der Waals surface area contributed by atoms with E-state index in [4.69, 9.17) is 21.4 Å². The van der Waals surface area contributed by atoms with Gasteiger partial charge in [0.15, 0.2) is 0 Å². The summed E-state index contributed by atoms with van der Waals surface area (Å²) in [4.78, 5) is 14.8. The third-order valence-corrected chi connectivity index (χ3v) is 5.38. The average Bonchev–Trinajstić information content (AvgIpc) is 3.24. The summed E-state index contributed by atoms with van der Waals surface area (Å²) in [5.74, 6) is 0.611. The normalized spacial score (nSPS) is 23.6. The first-order chi connectivity index (χ1) is 11.2. The van der Waals surface area contributed by atoms with E-state index in [2.05, 4.69) is 0 Å². The second kappa shape index (κ2) is 6.11. The lowest BCUT2D eigenvalue weighted by atomic mass is 10.2. The number of benzene rings is 1. The molecule has 6 heteroatoms. The van der Waals surface area contributed by atoms with Crippen LogP contribution in [0.2, 0.25) is 0 Å². The number of fused-ring (bicyclic) bond motifs is 1. The number of hydrogen-bond acceptors (Lipinski definition) is 5. The maximum absolute atomic E-state index is 12.6. The second-order valence-corrected chi connectivity index (χ2v) is 7.29. The Balaban J connectivity index is 1.56. The molecule has 2 aliphatic heterocycles. The van der Waals surface area contributed by atoms with Crippen molar-refractivity contribution in [1.29, 1.82) is 0 Å². The van der Waals surface area contributed by atoms with Gasteiger partial charge in [-0.15, -0.1) is 0 Å². The summed E-state index contributed by atoms with van der Waals surface area (Å²) < 4.78 is 11.9. The molecule has 4 rings (SSSR count). The summed E-state index contributed by atoms with van der Waals surface area (Å²) in [6.45, 7) is 1.32. The van der Waals surface area contributed by atoms with Gasteiger partial charge >= 0.3 is 0 Å². The molecule has 0 N–H and O–H groups in total. The monoisotopic (exact) mass is 345 g/mol. The van der Waals surface area contributed by atoms with Gasteiger partial charge in [-0.3, -0.25) is 9.69 Å². The Morgan fingerprint density at radius 3 is 3.04 bits per heavy atom. The minimum Gasteiger partial charge on any atom is -0.457 e. The minimum absolute atomic E-state index is 0.0593. The quantitative estimate of drug-likeness (QED) is 0.625. The van der Waals surface area contributed by atoms with Crippen LogP contribution in [-0.4, -0.2) is 34.4 Å². The predicted molar refractivity (Wildman–Crippen MR) is 95.1 cm³/mol. The number of thioether (sulfide) groups is 1. The van der Waals surface area contributed by atoms with Crippen LogP contribution in [0.1, 0.15) is 18.6 Å². The molecule has 1 unspecified atom stereocenters. The zero-order chi connectivity index (χ0) is 15.8. The van der Waals surface area contributed by atoms with Crippen molar-refractivity contribution < 1.29 is 13.9 Å². The SMILES string of the molecule is O=C1/C(=C\c2cc3ccccc3o2)SC(=S)N1CC1CCCO1. The minimum atomic E-state index is -0.0593. The number of ether oxygens (including phenoxy) is 1. The Labute approximate surface area is 143 Å². The molecule has 0 bridgehead atoms. The molecule has 3 heterocycles. The van der Waals surface area contributed by atoms with Crippen molar-refractivity contribution in [3.63, 3.8) is 0 Å². The molecule has 2 aliphatic rings. The van der Waals surface area contributed by atoms with E-state index in [1.165, 1.54) is 11.8 Å². The number of furan rings is 1. The van der Waals surface area contributed by atoms with Crippen molar-refractivity contribution in [3.8, 4) is 0 Å². The van der Waals surface area contributed by atoms with Crippen LogP contribution in [0.4, 0.5) is 0 Å². The Morgan fingerprint density at radius 2 is 2.26 bits per heavy atom. The maximum Gasteiger partial charge on any atom is 0.266 e. The van der Waals surface area contributed by atoms with E-state index in [-0.39, 0.29) is 12.0 Å². The highest BCUT2D eigenvalue weighted by atomic mass is 32.2. The van der Waals surface area contributed by atoms with Gasteiger partial charge in [-0.25, -0.2) is 0 Å². The number of hydrogen-bond donors (Lipinski definition) is 0. The third-order valence-electron chi connectivity index (χ3n) is 4.00. The summed E-state index contributed by atoms with van der Waals surface area (Å²) in [7, 11) is 0. The molecule has 118 valence electrons. The molecular weight excluding hydrogens is 330 g/mol. The molecular formula is C17H15NO3S2. The first kappa shape index (κ1) is 14.9. The first-order valence-electron chi connectivity index (χ1n) is 7.56. The molecule has 2 saturated heterocycles. The lowest BCUT2D eigenvalue weighted by Crippen LogP contribution is -2.35. The zero-order valence-corrected chi connectivity index (χ0v) is 14.0. The fourth-order valence-corrected chi connectivity index (χ4v) is 4.11. The van der Waals surface area contributed by atoms with E-state index < -0.39 is 0 Å². The number of nitrogens with zero attached hydrogens (tertiary/aromatic N) is 1. The smallest absolute Gasteiger partial charge is 0.266 e. The van der Waals surface area contributed by atoms with Crippen LogP contribution in [0.3, 0.4) is 0 Å². The van der Waals surface area contributed by atoms with Crippen molar-refractivity contribution >= 4 is 51.3 Å². The molecule has 2 aromatic rings. The van der Waals surface area contributed by atoms with E-state index in [1.807, 2.05) is 30.3 Å². The van der Waals surface area contributed by atoms with Crippen LogP contribution in [0.5, 0.6) is 0 Å². The molecule has 4 nitrogen and oxygen atoms in total. The number of rotatable bonds is 3.